The molecule has 6 nitrogen and oxygen atoms in total. The summed E-state index contributed by atoms with van der Waals surface area (Å²) in [5.41, 5.74) is 3.06. The summed E-state index contributed by atoms with van der Waals surface area (Å²) in [6.45, 7) is 6.24. The Kier molecular flexibility index (Phi) is 6.39. The molecule has 0 spiro atoms. The van der Waals surface area contributed by atoms with Crippen molar-refractivity contribution in [2.75, 3.05) is 19.0 Å². The highest BCUT2D eigenvalue weighted by atomic mass is 16.6. The number of nitrogens with zero attached hydrogens (tertiary/aromatic N) is 1. The molecule has 2 rings (SSSR count). The standard InChI is InChI=1S/C13H15N3O3.C2H6/c1-3-18-13(17)12-8-4-5-11(15-2)9(6-14)10(8)7-19-16-12;1-2/h4-6,14-15H,3,7H2,1-2H3;1-2H3. The minimum atomic E-state index is -0.517. The summed E-state index contributed by atoms with van der Waals surface area (Å²) < 4.78 is 4.95. The first kappa shape index (κ1) is 16.7. The maximum atomic E-state index is 11.8. The second kappa shape index (κ2) is 8.04. The van der Waals surface area contributed by atoms with Crippen LogP contribution in [0.25, 0.3) is 0 Å². The van der Waals surface area contributed by atoms with Crippen LogP contribution in [-0.2, 0) is 21.0 Å². The van der Waals surface area contributed by atoms with Gasteiger partial charge in [0.15, 0.2) is 5.71 Å². The van der Waals surface area contributed by atoms with E-state index in [1.165, 1.54) is 6.21 Å². The fraction of sp³-hybridized carbons (Fsp3) is 0.400. The van der Waals surface area contributed by atoms with E-state index in [0.29, 0.717) is 11.1 Å². The minimum Gasteiger partial charge on any atom is -0.461 e. The van der Waals surface area contributed by atoms with Gasteiger partial charge in [-0.15, -0.1) is 0 Å². The van der Waals surface area contributed by atoms with E-state index in [0.717, 1.165) is 11.3 Å². The predicted molar refractivity (Wildman–Crippen MR) is 83.2 cm³/mol. The quantitative estimate of drug-likeness (QED) is 0.659. The number of carbonyl (C=O) groups excluding carboxylic acids is 1. The summed E-state index contributed by atoms with van der Waals surface area (Å²) in [6.07, 6.45) is 1.24. The zero-order valence-corrected chi connectivity index (χ0v) is 12.8. The number of oxime groups is 1. The minimum absolute atomic E-state index is 0.147. The summed E-state index contributed by atoms with van der Waals surface area (Å²) in [6, 6.07) is 3.59. The average Bonchev–Trinajstić information content (AvgIpc) is 2.55. The molecule has 6 heteroatoms. The number of rotatable bonds is 4. The van der Waals surface area contributed by atoms with Crippen LogP contribution in [0.2, 0.25) is 0 Å². The van der Waals surface area contributed by atoms with Crippen molar-refractivity contribution >= 4 is 23.6 Å². The molecule has 0 radical (unpaired) electrons. The molecule has 0 aromatic heterocycles. The Morgan fingerprint density at radius 3 is 2.81 bits per heavy atom. The number of fused-ring (bicyclic) bond motifs is 1. The largest absolute Gasteiger partial charge is 0.461 e. The number of nitrogens with one attached hydrogen (secondary N) is 2. The van der Waals surface area contributed by atoms with Crippen LogP contribution in [0.1, 0.15) is 37.5 Å². The first-order valence-corrected chi connectivity index (χ1v) is 6.94. The maximum absolute atomic E-state index is 11.8. The van der Waals surface area contributed by atoms with Crippen molar-refractivity contribution in [2.45, 2.75) is 27.4 Å². The Balaban J connectivity index is 0.00000106. The normalized spacial score (nSPS) is 11.9. The third-order valence-corrected chi connectivity index (χ3v) is 2.86. The molecule has 0 fully saturated rings. The fourth-order valence-corrected chi connectivity index (χ4v) is 1.98. The van der Waals surface area contributed by atoms with E-state index >= 15 is 0 Å². The van der Waals surface area contributed by atoms with E-state index in [1.54, 1.807) is 26.1 Å². The molecule has 1 heterocycles. The molecule has 2 N–H and O–H groups in total. The molecule has 0 unspecified atom stereocenters. The van der Waals surface area contributed by atoms with Crippen LogP contribution in [0.15, 0.2) is 17.3 Å². The molecule has 0 atom stereocenters. The number of ether oxygens (including phenoxy) is 1. The van der Waals surface area contributed by atoms with Crippen LogP contribution in [-0.4, -0.2) is 31.6 Å². The van der Waals surface area contributed by atoms with Gasteiger partial charge in [-0.2, -0.15) is 0 Å². The molecule has 0 saturated carbocycles. The van der Waals surface area contributed by atoms with Crippen molar-refractivity contribution < 1.29 is 14.4 Å². The molecule has 1 aliphatic rings. The van der Waals surface area contributed by atoms with Gasteiger partial charge in [0.1, 0.15) is 6.61 Å². The van der Waals surface area contributed by atoms with Gasteiger partial charge in [-0.1, -0.05) is 19.0 Å². The summed E-state index contributed by atoms with van der Waals surface area (Å²) in [4.78, 5) is 16.9. The van der Waals surface area contributed by atoms with Crippen molar-refractivity contribution in [3.05, 3.63) is 28.8 Å². The van der Waals surface area contributed by atoms with E-state index in [-0.39, 0.29) is 18.9 Å². The number of hydrogen-bond acceptors (Lipinski definition) is 6. The van der Waals surface area contributed by atoms with E-state index in [1.807, 2.05) is 13.8 Å². The number of esters is 1. The van der Waals surface area contributed by atoms with Crippen molar-refractivity contribution in [1.29, 1.82) is 5.41 Å². The second-order valence-corrected chi connectivity index (χ2v) is 3.88. The SMILES string of the molecule is CC.CCOC(=O)C1=NOCc2c1ccc(NC)c2C=N. The third kappa shape index (κ3) is 3.39. The summed E-state index contributed by atoms with van der Waals surface area (Å²) in [5, 5.41) is 14.3. The van der Waals surface area contributed by atoms with Gasteiger partial charge >= 0.3 is 5.97 Å². The number of anilines is 1. The predicted octanol–water partition coefficient (Wildman–Crippen LogP) is 2.55. The van der Waals surface area contributed by atoms with Crippen molar-refractivity contribution in [3.8, 4) is 0 Å². The van der Waals surface area contributed by atoms with Gasteiger partial charge in [0.25, 0.3) is 0 Å². The molecular weight excluding hydrogens is 270 g/mol. The van der Waals surface area contributed by atoms with Gasteiger partial charge in [0.05, 0.1) is 6.61 Å². The lowest BCUT2D eigenvalue weighted by molar-refractivity contribution is -0.135. The van der Waals surface area contributed by atoms with Gasteiger partial charge < -0.3 is 20.3 Å². The van der Waals surface area contributed by atoms with Crippen LogP contribution in [0.4, 0.5) is 5.69 Å². The van der Waals surface area contributed by atoms with Crippen LogP contribution < -0.4 is 5.32 Å². The average molecular weight is 291 g/mol. The number of carbonyl (C=O) groups is 1. The molecule has 114 valence electrons. The van der Waals surface area contributed by atoms with Crippen molar-refractivity contribution in [3.63, 3.8) is 0 Å². The van der Waals surface area contributed by atoms with Gasteiger partial charge in [-0.05, 0) is 19.1 Å². The smallest absolute Gasteiger partial charge is 0.361 e. The van der Waals surface area contributed by atoms with Crippen LogP contribution in [0.3, 0.4) is 0 Å². The molecule has 0 aliphatic carbocycles. The Hall–Kier alpha value is -2.37. The van der Waals surface area contributed by atoms with Gasteiger partial charge in [-0.25, -0.2) is 4.79 Å². The molecule has 1 aromatic carbocycles. The van der Waals surface area contributed by atoms with Crippen LogP contribution >= 0.6 is 0 Å². The first-order chi connectivity index (χ1) is 10.2. The highest BCUT2D eigenvalue weighted by Gasteiger charge is 2.25. The zero-order chi connectivity index (χ0) is 15.8. The molecule has 0 bridgehead atoms. The second-order valence-electron chi connectivity index (χ2n) is 3.88. The Bertz CT molecular complexity index is 553. The highest BCUT2D eigenvalue weighted by molar-refractivity contribution is 6.43. The van der Waals surface area contributed by atoms with E-state index in [9.17, 15) is 4.79 Å². The van der Waals surface area contributed by atoms with Gasteiger partial charge in [-0.3, -0.25) is 0 Å². The first-order valence-electron chi connectivity index (χ1n) is 6.94. The summed E-state index contributed by atoms with van der Waals surface area (Å²) in [7, 11) is 1.78. The van der Waals surface area contributed by atoms with E-state index < -0.39 is 5.97 Å². The maximum Gasteiger partial charge on any atom is 0.361 e. The monoisotopic (exact) mass is 291 g/mol. The third-order valence-electron chi connectivity index (χ3n) is 2.86. The summed E-state index contributed by atoms with van der Waals surface area (Å²) in [5.74, 6) is -0.517. The van der Waals surface area contributed by atoms with Gasteiger partial charge in [0.2, 0.25) is 0 Å². The molecule has 0 saturated heterocycles. The lowest BCUT2D eigenvalue weighted by Gasteiger charge is -2.19. The molecular formula is C15H21N3O3. The molecule has 1 aliphatic heterocycles. The Morgan fingerprint density at radius 1 is 1.52 bits per heavy atom. The van der Waals surface area contributed by atoms with Crippen LogP contribution in [0, 0.1) is 5.41 Å². The lowest BCUT2D eigenvalue weighted by Crippen LogP contribution is -2.24. The van der Waals surface area contributed by atoms with Crippen molar-refractivity contribution in [1.82, 2.24) is 0 Å². The van der Waals surface area contributed by atoms with E-state index in [2.05, 4.69) is 10.5 Å². The lowest BCUT2D eigenvalue weighted by atomic mass is 9.96. The number of benzene rings is 1. The summed E-state index contributed by atoms with van der Waals surface area (Å²) >= 11 is 0. The highest BCUT2D eigenvalue weighted by Crippen LogP contribution is 2.26. The number of hydrogen-bond donors (Lipinski definition) is 2. The topological polar surface area (TPSA) is 83.8 Å². The molecule has 1 aromatic rings. The van der Waals surface area contributed by atoms with E-state index in [4.69, 9.17) is 15.0 Å². The fourth-order valence-electron chi connectivity index (χ4n) is 1.98. The Morgan fingerprint density at radius 2 is 2.24 bits per heavy atom. The zero-order valence-electron chi connectivity index (χ0n) is 12.8. The molecule has 0 amide bonds. The van der Waals surface area contributed by atoms with Crippen LogP contribution in [0.5, 0.6) is 0 Å². The Labute approximate surface area is 124 Å². The molecule has 21 heavy (non-hydrogen) atoms. The van der Waals surface area contributed by atoms with Crippen molar-refractivity contribution in [2.24, 2.45) is 5.16 Å². The van der Waals surface area contributed by atoms with Gasteiger partial charge in [0, 0.05) is 35.6 Å².